The molecule has 2 heterocycles. The molecule has 3 rings (SSSR count). The molecule has 1 aromatic rings. The predicted molar refractivity (Wildman–Crippen MR) is 136 cm³/mol. The summed E-state index contributed by atoms with van der Waals surface area (Å²) in [6.07, 6.45) is 6.35. The highest BCUT2D eigenvalue weighted by Crippen LogP contribution is 2.31. The molecule has 0 spiro atoms. The van der Waals surface area contributed by atoms with Gasteiger partial charge in [0.2, 0.25) is 0 Å². The molecule has 6 nitrogen and oxygen atoms in total. The summed E-state index contributed by atoms with van der Waals surface area (Å²) in [5, 5.41) is 23.3. The van der Waals surface area contributed by atoms with Crippen molar-refractivity contribution in [3.05, 3.63) is 48.2 Å². The van der Waals surface area contributed by atoms with E-state index in [0.29, 0.717) is 17.3 Å². The number of rotatable bonds is 5. The van der Waals surface area contributed by atoms with Gasteiger partial charge in [-0.3, -0.25) is 4.99 Å². The topological polar surface area (TPSA) is 72.6 Å². The number of benzene rings is 1. The molecular formula is C26H37N5O. The zero-order chi connectivity index (χ0) is 23.7. The van der Waals surface area contributed by atoms with Gasteiger partial charge in [-0.05, 0) is 83.7 Å². The molecule has 0 aromatic heterocycles. The van der Waals surface area contributed by atoms with E-state index in [0.717, 1.165) is 41.9 Å². The predicted octanol–water partition coefficient (Wildman–Crippen LogP) is 5.15. The molecule has 6 heteroatoms. The lowest BCUT2D eigenvalue weighted by Crippen LogP contribution is -2.62. The second-order valence-corrected chi connectivity index (χ2v) is 10.3. The van der Waals surface area contributed by atoms with Gasteiger partial charge in [0.1, 0.15) is 11.6 Å². The summed E-state index contributed by atoms with van der Waals surface area (Å²) >= 11 is 0. The standard InChI is InChI=1S/C26H37N5O/c1-9-23(22-11-10-19(13-24(22)32)20-12-17(2)27-16-20)29-28-18(3)31(8)21-14-25(4,5)30-26(6,7)15-21/h9-11,13,16,21,30,32H,1,12,14-15H2,2-8H3/b28-18+,29-23+. The SMILES string of the molecule is C=C/C(=N\N=C(/C)N(C)C1CC(C)(C)NC(C)(C)C1)c1ccc(C2=CN=C(C)C2)cc1O. The molecule has 2 aliphatic rings. The lowest BCUT2D eigenvalue weighted by atomic mass is 9.79. The first-order chi connectivity index (χ1) is 14.9. The van der Waals surface area contributed by atoms with Gasteiger partial charge >= 0.3 is 0 Å². The van der Waals surface area contributed by atoms with Gasteiger partial charge in [-0.25, -0.2) is 0 Å². The Balaban J connectivity index is 1.79. The van der Waals surface area contributed by atoms with Crippen LogP contribution in [0.2, 0.25) is 0 Å². The van der Waals surface area contributed by atoms with E-state index in [4.69, 9.17) is 0 Å². The molecule has 172 valence electrons. The molecule has 0 atom stereocenters. The van der Waals surface area contributed by atoms with E-state index < -0.39 is 0 Å². The Morgan fingerprint density at radius 2 is 1.88 bits per heavy atom. The first-order valence-electron chi connectivity index (χ1n) is 11.2. The number of phenols is 1. The monoisotopic (exact) mass is 435 g/mol. The number of hydrogen-bond donors (Lipinski definition) is 2. The highest BCUT2D eigenvalue weighted by Gasteiger charge is 2.39. The maximum absolute atomic E-state index is 10.7. The first-order valence-corrected chi connectivity index (χ1v) is 11.2. The molecule has 0 amide bonds. The van der Waals surface area contributed by atoms with E-state index in [1.807, 2.05) is 32.2 Å². The Labute approximate surface area is 192 Å². The third-order valence-corrected chi connectivity index (χ3v) is 6.25. The Morgan fingerprint density at radius 3 is 2.41 bits per heavy atom. The Kier molecular flexibility index (Phi) is 6.75. The second kappa shape index (κ2) is 9.02. The van der Waals surface area contributed by atoms with Crippen molar-refractivity contribution in [3.63, 3.8) is 0 Å². The molecule has 1 aromatic carbocycles. The Hall–Kier alpha value is -2.73. The van der Waals surface area contributed by atoms with E-state index in [1.54, 1.807) is 12.1 Å². The number of nitrogens with one attached hydrogen (secondary N) is 1. The number of aliphatic imine (C=N–C) groups is 1. The van der Waals surface area contributed by atoms with Crippen molar-refractivity contribution in [2.75, 3.05) is 7.05 Å². The number of allylic oxidation sites excluding steroid dienone is 2. The summed E-state index contributed by atoms with van der Waals surface area (Å²) in [7, 11) is 2.08. The van der Waals surface area contributed by atoms with Crippen LogP contribution in [0.25, 0.3) is 5.57 Å². The van der Waals surface area contributed by atoms with Crippen molar-refractivity contribution in [3.8, 4) is 5.75 Å². The van der Waals surface area contributed by atoms with Gasteiger partial charge in [-0.2, -0.15) is 0 Å². The highest BCUT2D eigenvalue weighted by atomic mass is 16.3. The van der Waals surface area contributed by atoms with Gasteiger partial charge in [-0.1, -0.05) is 12.6 Å². The van der Waals surface area contributed by atoms with Crippen molar-refractivity contribution < 1.29 is 5.11 Å². The summed E-state index contributed by atoms with van der Waals surface area (Å²) in [5.74, 6) is 0.998. The molecule has 0 bridgehead atoms. The van der Waals surface area contributed by atoms with Crippen LogP contribution >= 0.6 is 0 Å². The van der Waals surface area contributed by atoms with Crippen LogP contribution in [0.4, 0.5) is 0 Å². The smallest absolute Gasteiger partial charge is 0.125 e. The summed E-state index contributed by atoms with van der Waals surface area (Å²) in [6, 6.07) is 5.98. The van der Waals surface area contributed by atoms with E-state index in [1.165, 1.54) is 0 Å². The van der Waals surface area contributed by atoms with Gasteiger partial charge in [0.25, 0.3) is 0 Å². The largest absolute Gasteiger partial charge is 0.507 e. The Morgan fingerprint density at radius 1 is 1.22 bits per heavy atom. The quantitative estimate of drug-likeness (QED) is 0.382. The van der Waals surface area contributed by atoms with E-state index in [9.17, 15) is 5.11 Å². The number of aromatic hydroxyl groups is 1. The number of amidine groups is 1. The fourth-order valence-corrected chi connectivity index (χ4v) is 4.89. The van der Waals surface area contributed by atoms with Gasteiger partial charge in [0.15, 0.2) is 0 Å². The molecule has 1 fully saturated rings. The molecular weight excluding hydrogens is 398 g/mol. The molecule has 0 aliphatic carbocycles. The fraction of sp³-hybridized carbons (Fsp3) is 0.500. The lowest BCUT2D eigenvalue weighted by Gasteiger charge is -2.49. The lowest BCUT2D eigenvalue weighted by molar-refractivity contribution is 0.113. The minimum Gasteiger partial charge on any atom is -0.507 e. The fourth-order valence-electron chi connectivity index (χ4n) is 4.89. The van der Waals surface area contributed by atoms with Crippen molar-refractivity contribution in [1.82, 2.24) is 10.2 Å². The minimum atomic E-state index is 0.0579. The molecule has 0 saturated carbocycles. The second-order valence-electron chi connectivity index (χ2n) is 10.3. The molecule has 0 unspecified atom stereocenters. The van der Waals surface area contributed by atoms with Crippen molar-refractivity contribution >= 4 is 22.8 Å². The summed E-state index contributed by atoms with van der Waals surface area (Å²) in [4.78, 5) is 6.54. The van der Waals surface area contributed by atoms with E-state index >= 15 is 0 Å². The van der Waals surface area contributed by atoms with Gasteiger partial charge in [0.05, 0.1) is 5.71 Å². The Bertz CT molecular complexity index is 997. The number of phenolic OH excluding ortho intramolecular Hbond substituents is 1. The van der Waals surface area contributed by atoms with Gasteiger partial charge in [0, 0.05) is 48.1 Å². The van der Waals surface area contributed by atoms with Gasteiger partial charge < -0.3 is 15.3 Å². The first kappa shape index (κ1) is 23.9. The third-order valence-electron chi connectivity index (χ3n) is 6.25. The summed E-state index contributed by atoms with van der Waals surface area (Å²) in [6.45, 7) is 16.8. The zero-order valence-electron chi connectivity index (χ0n) is 20.5. The summed E-state index contributed by atoms with van der Waals surface area (Å²) < 4.78 is 0. The summed E-state index contributed by atoms with van der Waals surface area (Å²) in [5.41, 5.74) is 4.41. The van der Waals surface area contributed by atoms with E-state index in [2.05, 4.69) is 66.7 Å². The van der Waals surface area contributed by atoms with Crippen LogP contribution in [-0.4, -0.2) is 51.4 Å². The molecule has 2 aliphatic heterocycles. The molecule has 2 N–H and O–H groups in total. The zero-order valence-corrected chi connectivity index (χ0v) is 20.5. The van der Waals surface area contributed by atoms with Crippen LogP contribution in [0.5, 0.6) is 5.75 Å². The normalized spacial score (nSPS) is 21.2. The highest BCUT2D eigenvalue weighted by molar-refractivity contribution is 6.10. The number of nitrogens with zero attached hydrogens (tertiary/aromatic N) is 4. The molecule has 1 saturated heterocycles. The van der Waals surface area contributed by atoms with Crippen LogP contribution in [0.15, 0.2) is 52.2 Å². The molecule has 0 radical (unpaired) electrons. The maximum atomic E-state index is 10.7. The van der Waals surface area contributed by atoms with Crippen LogP contribution < -0.4 is 5.32 Å². The van der Waals surface area contributed by atoms with Crippen molar-refractivity contribution in [2.24, 2.45) is 15.2 Å². The number of piperidine rings is 1. The average molecular weight is 436 g/mol. The minimum absolute atomic E-state index is 0.0579. The van der Waals surface area contributed by atoms with Crippen LogP contribution in [-0.2, 0) is 0 Å². The van der Waals surface area contributed by atoms with Crippen LogP contribution in [0, 0.1) is 0 Å². The average Bonchev–Trinajstić information content (AvgIpc) is 3.12. The van der Waals surface area contributed by atoms with Crippen LogP contribution in [0.1, 0.15) is 71.9 Å². The third kappa shape index (κ3) is 5.54. The van der Waals surface area contributed by atoms with Crippen molar-refractivity contribution in [2.45, 2.75) is 77.9 Å². The van der Waals surface area contributed by atoms with Crippen LogP contribution in [0.3, 0.4) is 0 Å². The van der Waals surface area contributed by atoms with E-state index in [-0.39, 0.29) is 16.8 Å². The number of hydrogen-bond acceptors (Lipinski definition) is 5. The van der Waals surface area contributed by atoms with Gasteiger partial charge in [-0.15, -0.1) is 10.2 Å². The maximum Gasteiger partial charge on any atom is 0.125 e. The molecule has 32 heavy (non-hydrogen) atoms. The van der Waals surface area contributed by atoms with Crippen molar-refractivity contribution in [1.29, 1.82) is 0 Å².